The van der Waals surface area contributed by atoms with E-state index in [2.05, 4.69) is 10.2 Å². The molecule has 0 radical (unpaired) electrons. The normalized spacial score (nSPS) is 18.8. The molecule has 118 valence electrons. The molecule has 0 amide bonds. The third-order valence-electron chi connectivity index (χ3n) is 3.64. The average Bonchev–Trinajstić information content (AvgIpc) is 2.48. The first-order valence-corrected chi connectivity index (χ1v) is 6.96. The van der Waals surface area contributed by atoms with Gasteiger partial charge in [-0.05, 0) is 32.5 Å². The highest BCUT2D eigenvalue weighted by Gasteiger charge is 2.19. The minimum atomic E-state index is -0.409. The topological polar surface area (TPSA) is 67.6 Å². The minimum absolute atomic E-state index is 0. The molecular weight excluding hydrogens is 294 g/mol. The predicted molar refractivity (Wildman–Crippen MR) is 84.4 cm³/mol. The molecule has 1 aromatic rings. The summed E-state index contributed by atoms with van der Waals surface area (Å²) in [6.45, 7) is 3.35. The summed E-state index contributed by atoms with van der Waals surface area (Å²) in [6.07, 6.45) is 2.38. The molecule has 0 spiro atoms. The molecule has 1 heterocycles. The number of nitrogens with zero attached hydrogens (tertiary/aromatic N) is 2. The first kappa shape index (κ1) is 17.7. The third kappa shape index (κ3) is 5.15. The number of ether oxygens (including phenoxy) is 1. The fourth-order valence-electron chi connectivity index (χ4n) is 2.51. The van der Waals surface area contributed by atoms with Crippen LogP contribution in [0.3, 0.4) is 0 Å². The van der Waals surface area contributed by atoms with E-state index in [9.17, 15) is 10.1 Å². The van der Waals surface area contributed by atoms with Gasteiger partial charge in [-0.1, -0.05) is 12.1 Å². The third-order valence-corrected chi connectivity index (χ3v) is 3.64. The van der Waals surface area contributed by atoms with Gasteiger partial charge in [0.1, 0.15) is 6.61 Å². The van der Waals surface area contributed by atoms with Crippen molar-refractivity contribution in [3.63, 3.8) is 0 Å². The number of nitrogens with one attached hydrogen (secondary N) is 1. The van der Waals surface area contributed by atoms with Gasteiger partial charge in [0, 0.05) is 25.2 Å². The van der Waals surface area contributed by atoms with Crippen LogP contribution in [-0.4, -0.2) is 49.2 Å². The molecule has 1 N–H and O–H groups in total. The summed E-state index contributed by atoms with van der Waals surface area (Å²) in [5.74, 6) is 0.347. The number of nitro benzene ring substituents is 1. The van der Waals surface area contributed by atoms with E-state index < -0.39 is 4.92 Å². The second kappa shape index (κ2) is 8.81. The summed E-state index contributed by atoms with van der Waals surface area (Å²) in [6, 6.07) is 7.04. The van der Waals surface area contributed by atoms with Crippen LogP contribution in [0, 0.1) is 10.1 Å². The van der Waals surface area contributed by atoms with Crippen molar-refractivity contribution in [3.8, 4) is 5.75 Å². The molecule has 1 aliphatic heterocycles. The molecule has 1 aliphatic rings. The van der Waals surface area contributed by atoms with E-state index in [0.29, 0.717) is 18.4 Å². The maximum atomic E-state index is 10.9. The summed E-state index contributed by atoms with van der Waals surface area (Å²) >= 11 is 0. The second-order valence-corrected chi connectivity index (χ2v) is 5.00. The zero-order valence-corrected chi connectivity index (χ0v) is 13.0. The Morgan fingerprint density at radius 3 is 2.95 bits per heavy atom. The molecule has 1 aromatic carbocycles. The van der Waals surface area contributed by atoms with E-state index in [4.69, 9.17) is 4.74 Å². The smallest absolute Gasteiger partial charge is 0.310 e. The van der Waals surface area contributed by atoms with Crippen LogP contribution >= 0.6 is 12.4 Å². The molecule has 1 saturated heterocycles. The van der Waals surface area contributed by atoms with Gasteiger partial charge < -0.3 is 10.1 Å². The van der Waals surface area contributed by atoms with Crippen molar-refractivity contribution in [1.82, 2.24) is 10.2 Å². The van der Waals surface area contributed by atoms with Gasteiger partial charge in [-0.2, -0.15) is 0 Å². The molecule has 0 bridgehead atoms. The number of likely N-dealkylation sites (N-methyl/N-ethyl adjacent to an activating group) is 1. The molecule has 21 heavy (non-hydrogen) atoms. The van der Waals surface area contributed by atoms with Crippen LogP contribution in [0.15, 0.2) is 24.3 Å². The van der Waals surface area contributed by atoms with Gasteiger partial charge in [0.25, 0.3) is 0 Å². The van der Waals surface area contributed by atoms with Gasteiger partial charge in [-0.15, -0.1) is 12.4 Å². The molecule has 2 rings (SSSR count). The molecule has 0 saturated carbocycles. The lowest BCUT2D eigenvalue weighted by Gasteiger charge is -2.32. The van der Waals surface area contributed by atoms with Crippen molar-refractivity contribution in [2.75, 3.05) is 33.3 Å². The Balaban J connectivity index is 0.00000220. The number of benzene rings is 1. The van der Waals surface area contributed by atoms with Crippen LogP contribution in [0.1, 0.15) is 12.8 Å². The zero-order valence-electron chi connectivity index (χ0n) is 12.2. The van der Waals surface area contributed by atoms with Gasteiger partial charge in [0.15, 0.2) is 5.75 Å². The molecule has 7 heteroatoms. The summed E-state index contributed by atoms with van der Waals surface area (Å²) < 4.78 is 5.57. The van der Waals surface area contributed by atoms with Gasteiger partial charge in [0.05, 0.1) is 4.92 Å². The van der Waals surface area contributed by atoms with Crippen molar-refractivity contribution >= 4 is 18.1 Å². The highest BCUT2D eigenvalue weighted by atomic mass is 35.5. The Bertz CT molecular complexity index is 459. The number of hydrogen-bond donors (Lipinski definition) is 1. The van der Waals surface area contributed by atoms with Gasteiger partial charge in [-0.3, -0.25) is 15.0 Å². The highest BCUT2D eigenvalue weighted by molar-refractivity contribution is 5.85. The van der Waals surface area contributed by atoms with Crippen LogP contribution in [0.25, 0.3) is 0 Å². The number of para-hydroxylation sites is 2. The van der Waals surface area contributed by atoms with Crippen molar-refractivity contribution in [3.05, 3.63) is 34.4 Å². The Hall–Kier alpha value is -1.37. The van der Waals surface area contributed by atoms with Gasteiger partial charge >= 0.3 is 5.69 Å². The lowest BCUT2D eigenvalue weighted by molar-refractivity contribution is -0.385. The lowest BCUT2D eigenvalue weighted by atomic mass is 10.1. The zero-order chi connectivity index (χ0) is 14.4. The van der Waals surface area contributed by atoms with E-state index in [1.807, 2.05) is 7.05 Å². The number of rotatable bonds is 6. The molecule has 1 unspecified atom stereocenters. The number of hydrogen-bond acceptors (Lipinski definition) is 5. The van der Waals surface area contributed by atoms with E-state index >= 15 is 0 Å². The fourth-order valence-corrected chi connectivity index (χ4v) is 2.51. The van der Waals surface area contributed by atoms with Crippen LogP contribution in [0.2, 0.25) is 0 Å². The average molecular weight is 316 g/mol. The monoisotopic (exact) mass is 315 g/mol. The highest BCUT2D eigenvalue weighted by Crippen LogP contribution is 2.25. The Morgan fingerprint density at radius 2 is 2.24 bits per heavy atom. The maximum Gasteiger partial charge on any atom is 0.310 e. The molecule has 0 aromatic heterocycles. The SMILES string of the molecule is CNC1CCCN(CCOc2ccccc2[N+](=O)[O-])C1.Cl. The van der Waals surface area contributed by atoms with Crippen LogP contribution < -0.4 is 10.1 Å². The van der Waals surface area contributed by atoms with Crippen molar-refractivity contribution in [2.24, 2.45) is 0 Å². The van der Waals surface area contributed by atoms with Crippen LogP contribution in [0.5, 0.6) is 5.75 Å². The van der Waals surface area contributed by atoms with E-state index in [1.54, 1.807) is 18.2 Å². The molecule has 1 atom stereocenters. The van der Waals surface area contributed by atoms with Crippen molar-refractivity contribution in [2.45, 2.75) is 18.9 Å². The summed E-state index contributed by atoms with van der Waals surface area (Å²) in [5.41, 5.74) is 0.0271. The van der Waals surface area contributed by atoms with Crippen LogP contribution in [0.4, 0.5) is 5.69 Å². The van der Waals surface area contributed by atoms with Crippen molar-refractivity contribution < 1.29 is 9.66 Å². The number of nitro groups is 1. The van der Waals surface area contributed by atoms with E-state index in [0.717, 1.165) is 19.6 Å². The summed E-state index contributed by atoms with van der Waals surface area (Å²) in [5, 5.41) is 14.2. The molecule has 1 fully saturated rings. The molecule has 6 nitrogen and oxygen atoms in total. The predicted octanol–water partition coefficient (Wildman–Crippen LogP) is 2.08. The first-order chi connectivity index (χ1) is 9.70. The summed E-state index contributed by atoms with van der Waals surface area (Å²) in [4.78, 5) is 12.8. The van der Waals surface area contributed by atoms with Gasteiger partial charge in [-0.25, -0.2) is 0 Å². The number of likely N-dealkylation sites (tertiary alicyclic amines) is 1. The van der Waals surface area contributed by atoms with Crippen LogP contribution in [-0.2, 0) is 0 Å². The Labute approximate surface area is 131 Å². The number of piperidine rings is 1. The second-order valence-electron chi connectivity index (χ2n) is 5.00. The standard InChI is InChI=1S/C14H21N3O3.ClH/c1-15-12-5-4-8-16(11-12)9-10-20-14-7-3-2-6-13(14)17(18)19;/h2-3,6-7,12,15H,4-5,8-11H2,1H3;1H. The van der Waals surface area contributed by atoms with Crippen molar-refractivity contribution in [1.29, 1.82) is 0 Å². The fraction of sp³-hybridized carbons (Fsp3) is 0.571. The minimum Gasteiger partial charge on any atom is -0.485 e. The van der Waals surface area contributed by atoms with E-state index in [-0.39, 0.29) is 18.1 Å². The Kier molecular flexibility index (Phi) is 7.42. The van der Waals surface area contributed by atoms with E-state index in [1.165, 1.54) is 18.9 Å². The lowest BCUT2D eigenvalue weighted by Crippen LogP contribution is -2.45. The quantitative estimate of drug-likeness (QED) is 0.643. The Morgan fingerprint density at radius 1 is 1.48 bits per heavy atom. The largest absolute Gasteiger partial charge is 0.485 e. The molecule has 0 aliphatic carbocycles. The number of halogens is 1. The first-order valence-electron chi connectivity index (χ1n) is 6.96. The summed E-state index contributed by atoms with van der Waals surface area (Å²) in [7, 11) is 1.98. The molecular formula is C14H22ClN3O3. The van der Waals surface area contributed by atoms with Gasteiger partial charge in [0.2, 0.25) is 0 Å². The maximum absolute atomic E-state index is 10.9.